The van der Waals surface area contributed by atoms with Crippen LogP contribution in [0.1, 0.15) is 11.1 Å². The van der Waals surface area contributed by atoms with Gasteiger partial charge in [-0.15, -0.1) is 0 Å². The third-order valence-corrected chi connectivity index (χ3v) is 3.98. The van der Waals surface area contributed by atoms with Crippen molar-refractivity contribution in [1.82, 2.24) is 5.48 Å². The van der Waals surface area contributed by atoms with Crippen molar-refractivity contribution in [2.24, 2.45) is 0 Å². The summed E-state index contributed by atoms with van der Waals surface area (Å²) in [7, 11) is 0. The third-order valence-electron chi connectivity index (χ3n) is 3.98. The Morgan fingerprint density at radius 2 is 1.50 bits per heavy atom. The zero-order chi connectivity index (χ0) is 20.4. The summed E-state index contributed by atoms with van der Waals surface area (Å²) in [6.07, 6.45) is 2.31. The van der Waals surface area contributed by atoms with Crippen LogP contribution in [0.5, 0.6) is 0 Å². The normalized spacial score (nSPS) is 10.6. The molecule has 0 aromatic heterocycles. The van der Waals surface area contributed by atoms with Crippen LogP contribution in [0.15, 0.2) is 66.7 Å². The van der Waals surface area contributed by atoms with Crippen LogP contribution in [0.3, 0.4) is 0 Å². The number of aliphatic hydroxyl groups excluding tert-OH is 1. The summed E-state index contributed by atoms with van der Waals surface area (Å²) in [5.41, 5.74) is 3.66. The molecule has 0 bridgehead atoms. The Hall–Kier alpha value is -3.29. The van der Waals surface area contributed by atoms with E-state index in [2.05, 4.69) is 0 Å². The van der Waals surface area contributed by atoms with Crippen molar-refractivity contribution < 1.29 is 24.7 Å². The van der Waals surface area contributed by atoms with Gasteiger partial charge in [0.1, 0.15) is 0 Å². The summed E-state index contributed by atoms with van der Waals surface area (Å²) in [6, 6.07) is 16.2. The van der Waals surface area contributed by atoms with Gasteiger partial charge in [-0.25, -0.2) is 5.48 Å². The Labute approximate surface area is 162 Å². The number of rotatable bonds is 9. The van der Waals surface area contributed by atoms with Crippen LogP contribution >= 0.6 is 0 Å². The van der Waals surface area contributed by atoms with Gasteiger partial charge >= 0.3 is 0 Å². The van der Waals surface area contributed by atoms with E-state index in [0.717, 1.165) is 29.0 Å². The number of carbonyl (C=O) groups excluding carboxylic acids is 3. The van der Waals surface area contributed by atoms with Gasteiger partial charge < -0.3 is 10.0 Å². The number of para-hydroxylation sites is 1. The molecule has 0 aliphatic heterocycles. The lowest BCUT2D eigenvalue weighted by molar-refractivity contribution is -0.124. The molecule has 2 aromatic rings. The Morgan fingerprint density at radius 3 is 2.07 bits per heavy atom. The van der Waals surface area contributed by atoms with Crippen molar-refractivity contribution in [1.29, 1.82) is 0 Å². The van der Waals surface area contributed by atoms with Crippen molar-refractivity contribution in [2.75, 3.05) is 18.1 Å². The van der Waals surface area contributed by atoms with E-state index in [0.29, 0.717) is 0 Å². The van der Waals surface area contributed by atoms with Crippen LogP contribution in [0.4, 0.5) is 5.69 Å². The third kappa shape index (κ3) is 6.46. The maximum Gasteiger partial charge on any atom is 0.267 e. The standard InChI is InChI=1S/C21H22N2O5/c24-13-12-23(18-4-2-1-3-5-18)21(27)15-17-8-6-16(7-9-17)14-19(25)10-11-20(26)22-28/h1-11,24,28H,12-15H2,(H,22,26)/b11-10+. The molecule has 0 spiro atoms. The number of carbonyl (C=O) groups is 3. The van der Waals surface area contributed by atoms with E-state index in [9.17, 15) is 19.5 Å². The molecule has 0 saturated heterocycles. The highest BCUT2D eigenvalue weighted by Gasteiger charge is 2.15. The molecule has 0 radical (unpaired) electrons. The summed E-state index contributed by atoms with van der Waals surface area (Å²) in [6.45, 7) is 0.0761. The molecule has 0 atom stereocenters. The molecule has 0 heterocycles. The second-order valence-corrected chi connectivity index (χ2v) is 6.05. The summed E-state index contributed by atoms with van der Waals surface area (Å²) in [5, 5.41) is 17.6. The number of benzene rings is 2. The van der Waals surface area contributed by atoms with Gasteiger partial charge in [0.25, 0.3) is 5.91 Å². The number of aliphatic hydroxyl groups is 1. The summed E-state index contributed by atoms with van der Waals surface area (Å²) in [4.78, 5) is 36.8. The van der Waals surface area contributed by atoms with E-state index in [4.69, 9.17) is 5.21 Å². The second-order valence-electron chi connectivity index (χ2n) is 6.05. The molecule has 146 valence electrons. The van der Waals surface area contributed by atoms with Gasteiger partial charge in [0, 0.05) is 24.7 Å². The number of hydroxylamine groups is 1. The molecule has 2 amide bonds. The molecule has 2 rings (SSSR count). The zero-order valence-electron chi connectivity index (χ0n) is 15.2. The van der Waals surface area contributed by atoms with E-state index < -0.39 is 5.91 Å². The van der Waals surface area contributed by atoms with Gasteiger partial charge in [0.15, 0.2) is 5.78 Å². The highest BCUT2D eigenvalue weighted by Crippen LogP contribution is 2.15. The molecule has 7 nitrogen and oxygen atoms in total. The molecule has 28 heavy (non-hydrogen) atoms. The fraction of sp³-hybridized carbons (Fsp3) is 0.190. The minimum Gasteiger partial charge on any atom is -0.395 e. The lowest BCUT2D eigenvalue weighted by atomic mass is 10.0. The average molecular weight is 382 g/mol. The maximum atomic E-state index is 12.6. The smallest absolute Gasteiger partial charge is 0.267 e. The van der Waals surface area contributed by atoms with E-state index in [1.54, 1.807) is 24.3 Å². The van der Waals surface area contributed by atoms with Crippen LogP contribution in [-0.4, -0.2) is 41.1 Å². The van der Waals surface area contributed by atoms with E-state index >= 15 is 0 Å². The predicted octanol–water partition coefficient (Wildman–Crippen LogP) is 1.43. The number of nitrogens with zero attached hydrogens (tertiary/aromatic N) is 1. The molecular formula is C21H22N2O5. The first-order chi connectivity index (χ1) is 13.5. The van der Waals surface area contributed by atoms with Gasteiger partial charge in [0.2, 0.25) is 5.91 Å². The predicted molar refractivity (Wildman–Crippen MR) is 104 cm³/mol. The molecule has 0 fully saturated rings. The SMILES string of the molecule is O=C(/C=C/C(=O)NO)Cc1ccc(CC(=O)N(CCO)c2ccccc2)cc1. The molecule has 0 saturated carbocycles. The first-order valence-corrected chi connectivity index (χ1v) is 8.72. The zero-order valence-corrected chi connectivity index (χ0v) is 15.2. The van der Waals surface area contributed by atoms with Crippen LogP contribution in [-0.2, 0) is 27.2 Å². The molecule has 3 N–H and O–H groups in total. The second kappa shape index (κ2) is 10.8. The lowest BCUT2D eigenvalue weighted by Crippen LogP contribution is -2.34. The topological polar surface area (TPSA) is 107 Å². The van der Waals surface area contributed by atoms with Gasteiger partial charge in [0.05, 0.1) is 13.0 Å². The highest BCUT2D eigenvalue weighted by molar-refractivity contribution is 5.98. The Balaban J connectivity index is 1.99. The van der Waals surface area contributed by atoms with E-state index in [1.165, 1.54) is 10.4 Å². The van der Waals surface area contributed by atoms with Crippen LogP contribution in [0.2, 0.25) is 0 Å². The number of hydrogen-bond acceptors (Lipinski definition) is 5. The van der Waals surface area contributed by atoms with Crippen molar-refractivity contribution in [2.45, 2.75) is 12.8 Å². The first kappa shape index (κ1) is 21.0. The Bertz CT molecular complexity index is 832. The van der Waals surface area contributed by atoms with Crippen molar-refractivity contribution in [3.05, 3.63) is 77.9 Å². The van der Waals surface area contributed by atoms with E-state index in [1.807, 2.05) is 30.3 Å². The van der Waals surface area contributed by atoms with Crippen molar-refractivity contribution >= 4 is 23.3 Å². The lowest BCUT2D eigenvalue weighted by Gasteiger charge is -2.22. The Kier molecular flexibility index (Phi) is 8.08. The van der Waals surface area contributed by atoms with Crippen molar-refractivity contribution in [3.8, 4) is 0 Å². The molecule has 7 heteroatoms. The van der Waals surface area contributed by atoms with Gasteiger partial charge in [-0.3, -0.25) is 19.6 Å². The van der Waals surface area contributed by atoms with Gasteiger partial charge in [-0.05, 0) is 29.3 Å². The number of ketones is 1. The summed E-state index contributed by atoms with van der Waals surface area (Å²) >= 11 is 0. The van der Waals surface area contributed by atoms with Crippen molar-refractivity contribution in [3.63, 3.8) is 0 Å². The van der Waals surface area contributed by atoms with Crippen LogP contribution in [0.25, 0.3) is 0 Å². The quantitative estimate of drug-likeness (QED) is 0.346. The number of allylic oxidation sites excluding steroid dienone is 1. The number of hydrogen-bond donors (Lipinski definition) is 3. The Morgan fingerprint density at radius 1 is 0.893 bits per heavy atom. The van der Waals surface area contributed by atoms with Gasteiger partial charge in [-0.2, -0.15) is 0 Å². The first-order valence-electron chi connectivity index (χ1n) is 8.72. The fourth-order valence-corrected chi connectivity index (χ4v) is 2.62. The molecule has 0 aliphatic rings. The van der Waals surface area contributed by atoms with E-state index in [-0.39, 0.29) is 37.7 Å². The number of anilines is 1. The van der Waals surface area contributed by atoms with Crippen LogP contribution in [0, 0.1) is 0 Å². The maximum absolute atomic E-state index is 12.6. The molecule has 0 aliphatic carbocycles. The number of amides is 2. The number of nitrogens with one attached hydrogen (secondary N) is 1. The minimum atomic E-state index is -0.770. The fourth-order valence-electron chi connectivity index (χ4n) is 2.62. The van der Waals surface area contributed by atoms with Gasteiger partial charge in [-0.1, -0.05) is 42.5 Å². The molecule has 2 aromatic carbocycles. The largest absolute Gasteiger partial charge is 0.395 e. The van der Waals surface area contributed by atoms with Crippen LogP contribution < -0.4 is 10.4 Å². The summed E-state index contributed by atoms with van der Waals surface area (Å²) < 4.78 is 0. The minimum absolute atomic E-state index is 0.101. The highest BCUT2D eigenvalue weighted by atomic mass is 16.5. The summed E-state index contributed by atoms with van der Waals surface area (Å²) in [5.74, 6) is -1.19. The monoisotopic (exact) mass is 382 g/mol. The average Bonchev–Trinajstić information content (AvgIpc) is 2.72. The molecule has 0 unspecified atom stereocenters. The molecular weight excluding hydrogens is 360 g/mol.